The molecule has 4 nitrogen and oxygen atoms in total. The monoisotopic (exact) mass is 339 g/mol. The Morgan fingerprint density at radius 1 is 1.30 bits per heavy atom. The molecular formula is C14H15BrFN3O. The molecule has 2 atom stereocenters. The number of hydrogen-bond donors (Lipinski definition) is 1. The maximum atomic E-state index is 13.4. The van der Waals surface area contributed by atoms with Crippen LogP contribution in [0.25, 0.3) is 11.4 Å². The standard InChI is InChI=1S/C14H15BrFN3O/c15-10-4-9(5-11(16)7-10)13-18-14(20-19-13)8-2-1-3-12(17)6-8/h4-5,7-8,12H,1-3,6,17H2. The first-order chi connectivity index (χ1) is 9.61. The van der Waals surface area contributed by atoms with Gasteiger partial charge in [-0.3, -0.25) is 0 Å². The summed E-state index contributed by atoms with van der Waals surface area (Å²) in [6.45, 7) is 0. The number of halogens is 2. The first-order valence-corrected chi connectivity index (χ1v) is 7.47. The molecule has 2 unspecified atom stereocenters. The Kier molecular flexibility index (Phi) is 3.85. The van der Waals surface area contributed by atoms with E-state index in [0.717, 1.165) is 25.7 Å². The Morgan fingerprint density at radius 3 is 2.90 bits per heavy atom. The van der Waals surface area contributed by atoms with Crippen LogP contribution in [0.2, 0.25) is 0 Å². The number of aromatic nitrogens is 2. The third-order valence-corrected chi connectivity index (χ3v) is 4.08. The van der Waals surface area contributed by atoms with E-state index in [2.05, 4.69) is 26.1 Å². The molecule has 1 aliphatic carbocycles. The van der Waals surface area contributed by atoms with Gasteiger partial charge in [0.1, 0.15) is 5.82 Å². The largest absolute Gasteiger partial charge is 0.339 e. The van der Waals surface area contributed by atoms with Crippen molar-refractivity contribution >= 4 is 15.9 Å². The molecule has 0 spiro atoms. The summed E-state index contributed by atoms with van der Waals surface area (Å²) in [6, 6.07) is 4.76. The minimum absolute atomic E-state index is 0.201. The van der Waals surface area contributed by atoms with Crippen LogP contribution in [0.1, 0.15) is 37.5 Å². The summed E-state index contributed by atoms with van der Waals surface area (Å²) in [5.41, 5.74) is 6.58. The average molecular weight is 340 g/mol. The van der Waals surface area contributed by atoms with Crippen molar-refractivity contribution in [1.82, 2.24) is 10.1 Å². The lowest BCUT2D eigenvalue weighted by Crippen LogP contribution is -2.26. The normalized spacial score (nSPS) is 22.9. The van der Waals surface area contributed by atoms with Crippen LogP contribution in [-0.4, -0.2) is 16.2 Å². The Hall–Kier alpha value is -1.27. The van der Waals surface area contributed by atoms with Gasteiger partial charge in [0.05, 0.1) is 0 Å². The molecule has 1 saturated carbocycles. The number of rotatable bonds is 2. The first-order valence-electron chi connectivity index (χ1n) is 6.67. The van der Waals surface area contributed by atoms with E-state index in [0.29, 0.717) is 21.8 Å². The van der Waals surface area contributed by atoms with Crippen LogP contribution in [0.3, 0.4) is 0 Å². The average Bonchev–Trinajstić information content (AvgIpc) is 2.87. The van der Waals surface area contributed by atoms with Crippen molar-refractivity contribution < 1.29 is 8.91 Å². The van der Waals surface area contributed by atoms with Gasteiger partial charge in [-0.25, -0.2) is 4.39 Å². The van der Waals surface area contributed by atoms with Crippen molar-refractivity contribution in [3.63, 3.8) is 0 Å². The van der Waals surface area contributed by atoms with Crippen LogP contribution < -0.4 is 5.73 Å². The highest BCUT2D eigenvalue weighted by Gasteiger charge is 2.25. The maximum absolute atomic E-state index is 13.4. The molecule has 106 valence electrons. The van der Waals surface area contributed by atoms with Crippen LogP contribution in [0.5, 0.6) is 0 Å². The fourth-order valence-corrected chi connectivity index (χ4v) is 3.12. The van der Waals surface area contributed by atoms with Crippen molar-refractivity contribution in [2.24, 2.45) is 5.73 Å². The highest BCUT2D eigenvalue weighted by atomic mass is 79.9. The molecule has 0 aliphatic heterocycles. The molecule has 0 radical (unpaired) electrons. The van der Waals surface area contributed by atoms with Crippen molar-refractivity contribution in [2.75, 3.05) is 0 Å². The van der Waals surface area contributed by atoms with Gasteiger partial charge < -0.3 is 10.3 Å². The van der Waals surface area contributed by atoms with Gasteiger partial charge >= 0.3 is 0 Å². The second-order valence-electron chi connectivity index (χ2n) is 5.24. The fourth-order valence-electron chi connectivity index (χ4n) is 2.65. The van der Waals surface area contributed by atoms with E-state index >= 15 is 0 Å². The van der Waals surface area contributed by atoms with Crippen molar-refractivity contribution in [1.29, 1.82) is 0 Å². The van der Waals surface area contributed by atoms with Crippen LogP contribution in [0.15, 0.2) is 27.2 Å². The number of nitrogens with two attached hydrogens (primary N) is 1. The van der Waals surface area contributed by atoms with Crippen molar-refractivity contribution in [3.05, 3.63) is 34.4 Å². The lowest BCUT2D eigenvalue weighted by molar-refractivity contribution is 0.299. The number of nitrogens with zero attached hydrogens (tertiary/aromatic N) is 2. The molecule has 1 aliphatic rings. The zero-order valence-corrected chi connectivity index (χ0v) is 12.4. The van der Waals surface area contributed by atoms with E-state index in [1.54, 1.807) is 6.07 Å². The van der Waals surface area contributed by atoms with Crippen LogP contribution in [0, 0.1) is 5.82 Å². The molecule has 1 heterocycles. The molecule has 20 heavy (non-hydrogen) atoms. The van der Waals surface area contributed by atoms with Crippen LogP contribution in [-0.2, 0) is 0 Å². The molecule has 6 heteroatoms. The van der Waals surface area contributed by atoms with Gasteiger partial charge in [0, 0.05) is 22.0 Å². The molecule has 1 aromatic heterocycles. The summed E-state index contributed by atoms with van der Waals surface area (Å²) >= 11 is 3.26. The minimum atomic E-state index is -0.333. The molecule has 0 amide bonds. The molecule has 1 aromatic carbocycles. The summed E-state index contributed by atoms with van der Waals surface area (Å²) in [6.07, 6.45) is 4.01. The Balaban J connectivity index is 1.86. The van der Waals surface area contributed by atoms with Crippen molar-refractivity contribution in [2.45, 2.75) is 37.6 Å². The summed E-state index contributed by atoms with van der Waals surface area (Å²) in [5.74, 6) is 0.910. The highest BCUT2D eigenvalue weighted by molar-refractivity contribution is 9.10. The fraction of sp³-hybridized carbons (Fsp3) is 0.429. The van der Waals surface area contributed by atoms with Gasteiger partial charge in [-0.2, -0.15) is 4.98 Å². The Morgan fingerprint density at radius 2 is 2.15 bits per heavy atom. The zero-order chi connectivity index (χ0) is 14.1. The second-order valence-corrected chi connectivity index (χ2v) is 6.15. The van der Waals surface area contributed by atoms with Gasteiger partial charge in [0.2, 0.25) is 11.7 Å². The minimum Gasteiger partial charge on any atom is -0.339 e. The predicted octanol–water partition coefficient (Wildman–Crippen LogP) is 3.62. The van der Waals surface area contributed by atoms with Gasteiger partial charge in [-0.05, 0) is 37.5 Å². The van der Waals surface area contributed by atoms with Crippen LogP contribution in [0.4, 0.5) is 4.39 Å². The van der Waals surface area contributed by atoms with Gasteiger partial charge in [0.15, 0.2) is 0 Å². The number of hydrogen-bond acceptors (Lipinski definition) is 4. The molecule has 1 fully saturated rings. The molecule has 2 N–H and O–H groups in total. The third kappa shape index (κ3) is 2.91. The second kappa shape index (κ2) is 5.61. The summed E-state index contributed by atoms with van der Waals surface area (Å²) in [5, 5.41) is 3.95. The maximum Gasteiger partial charge on any atom is 0.230 e. The van der Waals surface area contributed by atoms with E-state index in [1.165, 1.54) is 12.1 Å². The molecular weight excluding hydrogens is 325 g/mol. The highest BCUT2D eigenvalue weighted by Crippen LogP contribution is 2.32. The number of benzene rings is 1. The van der Waals surface area contributed by atoms with E-state index in [-0.39, 0.29) is 17.8 Å². The quantitative estimate of drug-likeness (QED) is 0.907. The lowest BCUT2D eigenvalue weighted by atomic mass is 9.86. The first kappa shape index (κ1) is 13.7. The predicted molar refractivity (Wildman–Crippen MR) is 76.6 cm³/mol. The van der Waals surface area contributed by atoms with Crippen LogP contribution >= 0.6 is 15.9 Å². The molecule has 0 saturated heterocycles. The zero-order valence-electron chi connectivity index (χ0n) is 10.9. The van der Waals surface area contributed by atoms with E-state index < -0.39 is 0 Å². The summed E-state index contributed by atoms with van der Waals surface area (Å²) < 4.78 is 19.4. The summed E-state index contributed by atoms with van der Waals surface area (Å²) in [4.78, 5) is 4.40. The van der Waals surface area contributed by atoms with Gasteiger partial charge in [-0.1, -0.05) is 27.5 Å². The van der Waals surface area contributed by atoms with E-state index in [1.807, 2.05) is 0 Å². The van der Waals surface area contributed by atoms with E-state index in [4.69, 9.17) is 10.3 Å². The SMILES string of the molecule is NC1CCCC(c2nc(-c3cc(F)cc(Br)c3)no2)C1. The van der Waals surface area contributed by atoms with E-state index in [9.17, 15) is 4.39 Å². The van der Waals surface area contributed by atoms with Gasteiger partial charge in [0.25, 0.3) is 0 Å². The Bertz CT molecular complexity index is 596. The molecule has 3 rings (SSSR count). The lowest BCUT2D eigenvalue weighted by Gasteiger charge is -2.23. The smallest absolute Gasteiger partial charge is 0.230 e. The molecule has 0 bridgehead atoms. The topological polar surface area (TPSA) is 64.9 Å². The Labute approximate surface area is 124 Å². The molecule has 2 aromatic rings. The third-order valence-electron chi connectivity index (χ3n) is 3.63. The van der Waals surface area contributed by atoms with Gasteiger partial charge in [-0.15, -0.1) is 0 Å². The summed E-state index contributed by atoms with van der Waals surface area (Å²) in [7, 11) is 0. The van der Waals surface area contributed by atoms with Crippen molar-refractivity contribution in [3.8, 4) is 11.4 Å².